The van der Waals surface area contributed by atoms with Gasteiger partial charge >= 0.3 is 6.03 Å². The molecule has 0 saturated heterocycles. The quantitative estimate of drug-likeness (QED) is 0.788. The number of carbonyl (C=O) groups excluding carboxylic acids is 2. The van der Waals surface area contributed by atoms with Gasteiger partial charge < -0.3 is 20.2 Å². The fourth-order valence-electron chi connectivity index (χ4n) is 2.59. The minimum atomic E-state index is -0.619. The van der Waals surface area contributed by atoms with E-state index in [1.807, 2.05) is 48.5 Å². The van der Waals surface area contributed by atoms with Crippen molar-refractivity contribution in [1.82, 2.24) is 9.80 Å². The Bertz CT molecular complexity index is 762. The highest BCUT2D eigenvalue weighted by atomic mass is 16.3. The fraction of sp³-hybridized carbons (Fsp3) is 0.333. The Balaban J connectivity index is 1.93. The summed E-state index contributed by atoms with van der Waals surface area (Å²) in [4.78, 5) is 27.5. The Hall–Kier alpha value is -2.86. The van der Waals surface area contributed by atoms with Crippen LogP contribution in [0.3, 0.4) is 0 Å². The number of aliphatic hydroxyl groups excluding tert-OH is 1. The lowest BCUT2D eigenvalue weighted by atomic mass is 10.1. The number of hydrogen-bond donors (Lipinski definition) is 2. The van der Waals surface area contributed by atoms with Gasteiger partial charge in [0.25, 0.3) is 0 Å². The largest absolute Gasteiger partial charge is 0.388 e. The molecule has 0 spiro atoms. The molecule has 0 aliphatic carbocycles. The predicted octanol–water partition coefficient (Wildman–Crippen LogP) is 2.90. The first-order valence-corrected chi connectivity index (χ1v) is 8.91. The molecule has 0 fully saturated rings. The minimum Gasteiger partial charge on any atom is -0.388 e. The molecule has 6 heteroatoms. The van der Waals surface area contributed by atoms with Gasteiger partial charge in [-0.2, -0.15) is 0 Å². The molecule has 0 aromatic heterocycles. The third-order valence-corrected chi connectivity index (χ3v) is 4.37. The van der Waals surface area contributed by atoms with Crippen LogP contribution in [-0.2, 0) is 11.2 Å². The number of carbonyl (C=O) groups is 2. The van der Waals surface area contributed by atoms with Crippen molar-refractivity contribution in [2.75, 3.05) is 33.0 Å². The van der Waals surface area contributed by atoms with Gasteiger partial charge in [0.1, 0.15) is 0 Å². The average molecular weight is 369 g/mol. The average Bonchev–Trinajstić information content (AvgIpc) is 2.67. The fourth-order valence-corrected chi connectivity index (χ4v) is 2.59. The van der Waals surface area contributed by atoms with Crippen molar-refractivity contribution in [2.24, 2.45) is 0 Å². The van der Waals surface area contributed by atoms with Crippen LogP contribution in [0.1, 0.15) is 23.7 Å². The molecule has 0 bridgehead atoms. The van der Waals surface area contributed by atoms with E-state index in [0.29, 0.717) is 18.7 Å². The van der Waals surface area contributed by atoms with Crippen molar-refractivity contribution < 1.29 is 14.7 Å². The third-order valence-electron chi connectivity index (χ3n) is 4.37. The zero-order chi connectivity index (χ0) is 19.8. The van der Waals surface area contributed by atoms with Crippen LogP contribution in [0, 0.1) is 0 Å². The molecule has 2 rings (SSSR count). The number of aliphatic hydroxyl groups is 1. The Labute approximate surface area is 160 Å². The van der Waals surface area contributed by atoms with Crippen molar-refractivity contribution in [3.05, 3.63) is 65.7 Å². The Morgan fingerprint density at radius 3 is 2.30 bits per heavy atom. The molecular formula is C21H27N3O3. The maximum absolute atomic E-state index is 12.5. The van der Waals surface area contributed by atoms with Crippen molar-refractivity contribution in [2.45, 2.75) is 18.9 Å². The van der Waals surface area contributed by atoms with E-state index in [1.54, 1.807) is 27.2 Å². The maximum atomic E-state index is 12.5. The van der Waals surface area contributed by atoms with Crippen LogP contribution in [0.4, 0.5) is 10.5 Å². The first-order chi connectivity index (χ1) is 12.9. The van der Waals surface area contributed by atoms with Gasteiger partial charge in [-0.3, -0.25) is 4.79 Å². The molecule has 2 aromatic rings. The lowest BCUT2D eigenvalue weighted by Gasteiger charge is -2.21. The first kappa shape index (κ1) is 20.5. The van der Waals surface area contributed by atoms with E-state index in [9.17, 15) is 14.7 Å². The smallest absolute Gasteiger partial charge is 0.321 e. The predicted molar refractivity (Wildman–Crippen MR) is 107 cm³/mol. The molecule has 6 nitrogen and oxygen atoms in total. The standard InChI is InChI=1S/C21H27N3O3/c1-23(2)20(26)15-17-11-7-8-12-18(17)22-21(27)24(3)14-13-19(25)16-9-5-4-6-10-16/h4-12,19,25H,13-15H2,1-3H3,(H,22,27)/t19-/m1/s1. The highest BCUT2D eigenvalue weighted by Gasteiger charge is 2.15. The van der Waals surface area contributed by atoms with Crippen molar-refractivity contribution in [3.8, 4) is 0 Å². The molecule has 0 aliphatic heterocycles. The van der Waals surface area contributed by atoms with Gasteiger partial charge in [-0.05, 0) is 23.6 Å². The highest BCUT2D eigenvalue weighted by Crippen LogP contribution is 2.18. The van der Waals surface area contributed by atoms with Gasteiger partial charge in [0, 0.05) is 33.4 Å². The third kappa shape index (κ3) is 6.11. The summed E-state index contributed by atoms with van der Waals surface area (Å²) in [5.41, 5.74) is 2.22. The van der Waals surface area contributed by atoms with E-state index in [2.05, 4.69) is 5.32 Å². The van der Waals surface area contributed by atoms with E-state index in [4.69, 9.17) is 0 Å². The summed E-state index contributed by atoms with van der Waals surface area (Å²) in [6.45, 7) is 0.403. The monoisotopic (exact) mass is 369 g/mol. The van der Waals surface area contributed by atoms with Crippen LogP contribution in [0.5, 0.6) is 0 Å². The van der Waals surface area contributed by atoms with Crippen molar-refractivity contribution in [3.63, 3.8) is 0 Å². The Kier molecular flexibility index (Phi) is 7.37. The maximum Gasteiger partial charge on any atom is 0.321 e. The lowest BCUT2D eigenvalue weighted by Crippen LogP contribution is -2.33. The Morgan fingerprint density at radius 1 is 1.00 bits per heavy atom. The molecule has 2 aromatic carbocycles. The zero-order valence-corrected chi connectivity index (χ0v) is 16.1. The number of anilines is 1. The topological polar surface area (TPSA) is 72.9 Å². The summed E-state index contributed by atoms with van der Waals surface area (Å²) < 4.78 is 0. The van der Waals surface area contributed by atoms with Crippen molar-refractivity contribution >= 4 is 17.6 Å². The molecule has 0 unspecified atom stereocenters. The molecule has 144 valence electrons. The summed E-state index contributed by atoms with van der Waals surface area (Å²) in [6, 6.07) is 16.4. The molecule has 0 radical (unpaired) electrons. The van der Waals surface area contributed by atoms with E-state index in [1.165, 1.54) is 9.80 Å². The number of amides is 3. The van der Waals surface area contributed by atoms with E-state index in [-0.39, 0.29) is 18.4 Å². The number of urea groups is 1. The number of hydrogen-bond acceptors (Lipinski definition) is 3. The normalized spacial score (nSPS) is 11.6. The number of nitrogens with zero attached hydrogens (tertiary/aromatic N) is 2. The minimum absolute atomic E-state index is 0.0314. The molecule has 2 N–H and O–H groups in total. The lowest BCUT2D eigenvalue weighted by molar-refractivity contribution is -0.127. The van der Waals surface area contributed by atoms with Gasteiger partial charge in [-0.25, -0.2) is 4.79 Å². The van der Waals surface area contributed by atoms with Crippen LogP contribution >= 0.6 is 0 Å². The SMILES string of the molecule is CN(C)C(=O)Cc1ccccc1NC(=O)N(C)CC[C@@H](O)c1ccccc1. The molecule has 3 amide bonds. The van der Waals surface area contributed by atoms with Crippen LogP contribution in [0.15, 0.2) is 54.6 Å². The number of benzene rings is 2. The van der Waals surface area contributed by atoms with Crippen LogP contribution in [0.25, 0.3) is 0 Å². The number of rotatable bonds is 7. The van der Waals surface area contributed by atoms with Gasteiger partial charge in [-0.1, -0.05) is 48.5 Å². The Morgan fingerprint density at radius 2 is 1.63 bits per heavy atom. The molecular weight excluding hydrogens is 342 g/mol. The summed E-state index contributed by atoms with van der Waals surface area (Å²) in [7, 11) is 5.09. The summed E-state index contributed by atoms with van der Waals surface area (Å²) in [6.07, 6.45) is 0.0423. The second-order valence-electron chi connectivity index (χ2n) is 6.69. The molecule has 1 atom stereocenters. The molecule has 0 heterocycles. The summed E-state index contributed by atoms with van der Waals surface area (Å²) >= 11 is 0. The molecule has 0 saturated carbocycles. The summed E-state index contributed by atoms with van der Waals surface area (Å²) in [5, 5.41) is 13.1. The second kappa shape index (κ2) is 9.73. The zero-order valence-electron chi connectivity index (χ0n) is 16.1. The number of likely N-dealkylation sites (N-methyl/N-ethyl adjacent to an activating group) is 1. The van der Waals surface area contributed by atoms with Crippen LogP contribution in [-0.4, -0.2) is 54.5 Å². The molecule has 0 aliphatic rings. The van der Waals surface area contributed by atoms with Crippen LogP contribution < -0.4 is 5.32 Å². The van der Waals surface area contributed by atoms with E-state index >= 15 is 0 Å². The van der Waals surface area contributed by atoms with Crippen LogP contribution in [0.2, 0.25) is 0 Å². The van der Waals surface area contributed by atoms with E-state index < -0.39 is 6.10 Å². The molecule has 27 heavy (non-hydrogen) atoms. The number of nitrogens with one attached hydrogen (secondary N) is 1. The first-order valence-electron chi connectivity index (χ1n) is 8.91. The second-order valence-corrected chi connectivity index (χ2v) is 6.69. The summed E-state index contributed by atoms with van der Waals surface area (Å²) in [5.74, 6) is -0.0314. The van der Waals surface area contributed by atoms with E-state index in [0.717, 1.165) is 11.1 Å². The van der Waals surface area contributed by atoms with Crippen molar-refractivity contribution in [1.29, 1.82) is 0 Å². The van der Waals surface area contributed by atoms with Gasteiger partial charge in [-0.15, -0.1) is 0 Å². The highest BCUT2D eigenvalue weighted by molar-refractivity contribution is 5.91. The number of para-hydroxylation sites is 1. The van der Waals surface area contributed by atoms with Gasteiger partial charge in [0.15, 0.2) is 0 Å². The van der Waals surface area contributed by atoms with Gasteiger partial charge in [0.2, 0.25) is 5.91 Å². The van der Waals surface area contributed by atoms with Gasteiger partial charge in [0.05, 0.1) is 12.5 Å².